The topological polar surface area (TPSA) is 108 Å². The quantitative estimate of drug-likeness (QED) is 0.307. The molecule has 9 heteroatoms. The first kappa shape index (κ1) is 20.9. The Kier molecular flexibility index (Phi) is 4.95. The van der Waals surface area contributed by atoms with Gasteiger partial charge in [0.25, 0.3) is 0 Å². The van der Waals surface area contributed by atoms with Gasteiger partial charge < -0.3 is 10.3 Å². The monoisotopic (exact) mass is 464 g/mol. The first-order valence-corrected chi connectivity index (χ1v) is 11.2. The summed E-state index contributed by atoms with van der Waals surface area (Å²) in [6.07, 6.45) is 8.63. The molecule has 5 heterocycles. The molecular formula is C26H21FN8. The van der Waals surface area contributed by atoms with Crippen LogP contribution in [0.5, 0.6) is 0 Å². The molecule has 35 heavy (non-hydrogen) atoms. The third kappa shape index (κ3) is 3.76. The summed E-state index contributed by atoms with van der Waals surface area (Å²) >= 11 is 0. The minimum absolute atomic E-state index is 0.234. The zero-order valence-corrected chi connectivity index (χ0v) is 19.0. The number of H-pyrrole nitrogens is 2. The number of imidazole rings is 1. The predicted molar refractivity (Wildman–Crippen MR) is 134 cm³/mol. The second kappa shape index (κ2) is 8.28. The molecule has 0 spiro atoms. The molecule has 8 nitrogen and oxygen atoms in total. The number of pyridine rings is 3. The second-order valence-corrected chi connectivity index (χ2v) is 8.59. The van der Waals surface area contributed by atoms with Crippen LogP contribution in [-0.4, -0.2) is 41.2 Å². The van der Waals surface area contributed by atoms with E-state index in [0.717, 1.165) is 22.2 Å². The first-order valence-electron chi connectivity index (χ1n) is 11.2. The number of aromatic nitrogens is 7. The molecule has 0 unspecified atom stereocenters. The third-order valence-electron chi connectivity index (χ3n) is 5.74. The van der Waals surface area contributed by atoms with Gasteiger partial charge in [-0.05, 0) is 38.1 Å². The van der Waals surface area contributed by atoms with Gasteiger partial charge in [-0.2, -0.15) is 5.10 Å². The lowest BCUT2D eigenvalue weighted by Crippen LogP contribution is -2.09. The molecule has 0 amide bonds. The highest BCUT2D eigenvalue weighted by Crippen LogP contribution is 2.34. The molecule has 0 aliphatic heterocycles. The molecule has 0 saturated heterocycles. The van der Waals surface area contributed by atoms with E-state index >= 15 is 4.39 Å². The molecule has 6 aromatic rings. The SMILES string of the molecule is CC(C)Nc1cncc(-c2cc3c(-c4nc5c(-c6cccnc6)ccnc5[nH]4)n[nH]c3cc2F)c1. The van der Waals surface area contributed by atoms with Crippen LogP contribution >= 0.6 is 0 Å². The van der Waals surface area contributed by atoms with Gasteiger partial charge in [0.15, 0.2) is 11.5 Å². The molecule has 1 aromatic carbocycles. The van der Waals surface area contributed by atoms with E-state index in [1.54, 1.807) is 37.1 Å². The number of anilines is 1. The molecule has 0 aliphatic carbocycles. The average molecular weight is 465 g/mol. The number of aromatic amines is 2. The van der Waals surface area contributed by atoms with Crippen LogP contribution in [0.25, 0.3) is 55.8 Å². The normalized spacial score (nSPS) is 11.5. The molecule has 0 saturated carbocycles. The van der Waals surface area contributed by atoms with Crippen molar-refractivity contribution in [2.24, 2.45) is 0 Å². The standard InChI is InChI=1S/C26H21FN8/c1-14(2)31-17-8-16(12-29-13-17)19-9-20-22(10-21(19)27)34-35-24(20)26-32-23-18(5-7-30-25(23)33-26)15-4-3-6-28-11-15/h3-14,31H,1-2H3,(H,34,35)(H,30,32,33). The fourth-order valence-electron chi connectivity index (χ4n) is 4.22. The van der Waals surface area contributed by atoms with E-state index in [2.05, 4.69) is 35.5 Å². The van der Waals surface area contributed by atoms with E-state index in [1.807, 2.05) is 38.1 Å². The number of halogens is 1. The Morgan fingerprint density at radius 3 is 2.66 bits per heavy atom. The van der Waals surface area contributed by atoms with Gasteiger partial charge in [-0.3, -0.25) is 15.1 Å². The van der Waals surface area contributed by atoms with Crippen LogP contribution < -0.4 is 5.32 Å². The Balaban J connectivity index is 1.48. The molecule has 0 fully saturated rings. The minimum atomic E-state index is -0.360. The third-order valence-corrected chi connectivity index (χ3v) is 5.74. The molecule has 172 valence electrons. The molecule has 0 aliphatic rings. The zero-order valence-electron chi connectivity index (χ0n) is 19.0. The molecule has 0 radical (unpaired) electrons. The van der Waals surface area contributed by atoms with Crippen LogP contribution in [0.1, 0.15) is 13.8 Å². The largest absolute Gasteiger partial charge is 0.382 e. The van der Waals surface area contributed by atoms with E-state index in [1.165, 1.54) is 6.07 Å². The fourth-order valence-corrected chi connectivity index (χ4v) is 4.22. The number of rotatable bonds is 5. The molecule has 5 aromatic heterocycles. The fraction of sp³-hybridized carbons (Fsp3) is 0.115. The van der Waals surface area contributed by atoms with Gasteiger partial charge >= 0.3 is 0 Å². The van der Waals surface area contributed by atoms with Crippen LogP contribution in [-0.2, 0) is 0 Å². The number of hydrogen-bond acceptors (Lipinski definition) is 6. The van der Waals surface area contributed by atoms with Crippen LogP contribution in [0.4, 0.5) is 10.1 Å². The molecular weight excluding hydrogens is 443 g/mol. The highest BCUT2D eigenvalue weighted by atomic mass is 19.1. The molecule has 3 N–H and O–H groups in total. The Morgan fingerprint density at radius 2 is 1.83 bits per heavy atom. The Morgan fingerprint density at radius 1 is 0.943 bits per heavy atom. The number of nitrogens with one attached hydrogen (secondary N) is 3. The number of nitrogens with zero attached hydrogens (tertiary/aromatic N) is 5. The van der Waals surface area contributed by atoms with Crippen LogP contribution in [0, 0.1) is 5.82 Å². The summed E-state index contributed by atoms with van der Waals surface area (Å²) in [6, 6.07) is 11.1. The Hall–Kier alpha value is -4.66. The zero-order chi connectivity index (χ0) is 23.9. The highest BCUT2D eigenvalue weighted by molar-refractivity contribution is 5.97. The smallest absolute Gasteiger partial charge is 0.160 e. The minimum Gasteiger partial charge on any atom is -0.382 e. The van der Waals surface area contributed by atoms with Crippen molar-refractivity contribution in [3.05, 3.63) is 73.2 Å². The van der Waals surface area contributed by atoms with Crippen LogP contribution in [0.3, 0.4) is 0 Å². The van der Waals surface area contributed by atoms with Gasteiger partial charge in [0.05, 0.1) is 11.2 Å². The van der Waals surface area contributed by atoms with Gasteiger partial charge in [0, 0.05) is 70.7 Å². The van der Waals surface area contributed by atoms with Crippen molar-refractivity contribution in [2.45, 2.75) is 19.9 Å². The van der Waals surface area contributed by atoms with E-state index in [-0.39, 0.29) is 11.9 Å². The first-order chi connectivity index (χ1) is 17.1. The van der Waals surface area contributed by atoms with Gasteiger partial charge in [0.1, 0.15) is 17.0 Å². The Labute approximate surface area is 199 Å². The van der Waals surface area contributed by atoms with Crippen molar-refractivity contribution < 1.29 is 4.39 Å². The van der Waals surface area contributed by atoms with E-state index < -0.39 is 0 Å². The van der Waals surface area contributed by atoms with Gasteiger partial charge in [-0.1, -0.05) is 6.07 Å². The summed E-state index contributed by atoms with van der Waals surface area (Å²) in [7, 11) is 0. The second-order valence-electron chi connectivity index (χ2n) is 8.59. The molecule has 0 atom stereocenters. The van der Waals surface area contributed by atoms with Crippen molar-refractivity contribution in [1.29, 1.82) is 0 Å². The van der Waals surface area contributed by atoms with E-state index in [9.17, 15) is 0 Å². The predicted octanol–water partition coefficient (Wildman–Crippen LogP) is 5.58. The van der Waals surface area contributed by atoms with Gasteiger partial charge in [-0.25, -0.2) is 14.4 Å². The lowest BCUT2D eigenvalue weighted by Gasteiger charge is -2.11. The highest BCUT2D eigenvalue weighted by Gasteiger charge is 2.18. The summed E-state index contributed by atoms with van der Waals surface area (Å²) in [5, 5.41) is 11.4. The number of hydrogen-bond donors (Lipinski definition) is 3. The van der Waals surface area contributed by atoms with Gasteiger partial charge in [0.2, 0.25) is 0 Å². The maximum atomic E-state index is 15.1. The molecule has 0 bridgehead atoms. The van der Waals surface area contributed by atoms with Crippen molar-refractivity contribution >= 4 is 27.8 Å². The van der Waals surface area contributed by atoms with Crippen LogP contribution in [0.2, 0.25) is 0 Å². The van der Waals surface area contributed by atoms with Crippen molar-refractivity contribution in [1.82, 2.24) is 35.1 Å². The van der Waals surface area contributed by atoms with Crippen molar-refractivity contribution in [3.63, 3.8) is 0 Å². The summed E-state index contributed by atoms with van der Waals surface area (Å²) in [4.78, 5) is 21.0. The number of benzene rings is 1. The number of fused-ring (bicyclic) bond motifs is 2. The molecule has 6 rings (SSSR count). The summed E-state index contributed by atoms with van der Waals surface area (Å²) in [5.74, 6) is 0.183. The Bertz CT molecular complexity index is 1670. The summed E-state index contributed by atoms with van der Waals surface area (Å²) in [6.45, 7) is 4.08. The summed E-state index contributed by atoms with van der Waals surface area (Å²) in [5.41, 5.74) is 6.30. The summed E-state index contributed by atoms with van der Waals surface area (Å²) < 4.78 is 15.1. The van der Waals surface area contributed by atoms with Crippen molar-refractivity contribution in [3.8, 4) is 33.8 Å². The van der Waals surface area contributed by atoms with E-state index in [4.69, 9.17) is 4.98 Å². The lowest BCUT2D eigenvalue weighted by atomic mass is 10.0. The maximum absolute atomic E-state index is 15.1. The average Bonchev–Trinajstić information content (AvgIpc) is 3.47. The van der Waals surface area contributed by atoms with Crippen LogP contribution in [0.15, 0.2) is 67.4 Å². The maximum Gasteiger partial charge on any atom is 0.160 e. The van der Waals surface area contributed by atoms with Gasteiger partial charge in [-0.15, -0.1) is 0 Å². The van der Waals surface area contributed by atoms with E-state index in [0.29, 0.717) is 39.3 Å². The van der Waals surface area contributed by atoms with Crippen molar-refractivity contribution in [2.75, 3.05) is 5.32 Å². The lowest BCUT2D eigenvalue weighted by molar-refractivity contribution is 0.632.